The molecule has 1 aromatic carbocycles. The van der Waals surface area contributed by atoms with E-state index in [-0.39, 0.29) is 5.91 Å². The first-order valence-electron chi connectivity index (χ1n) is 9.15. The van der Waals surface area contributed by atoms with Gasteiger partial charge in [-0.1, -0.05) is 31.4 Å². The quantitative estimate of drug-likeness (QED) is 0.692. The number of nitrogens with zero attached hydrogens (tertiary/aromatic N) is 2. The highest BCUT2D eigenvalue weighted by Gasteiger charge is 2.30. The lowest BCUT2D eigenvalue weighted by Gasteiger charge is -2.25. The zero-order valence-electron chi connectivity index (χ0n) is 15.4. The average Bonchev–Trinajstić information content (AvgIpc) is 2.93. The van der Waals surface area contributed by atoms with E-state index >= 15 is 0 Å². The van der Waals surface area contributed by atoms with E-state index in [1.807, 2.05) is 42.0 Å². The summed E-state index contributed by atoms with van der Waals surface area (Å²) in [5.74, 6) is 0.0380. The molecule has 0 saturated carbocycles. The Labute approximate surface area is 154 Å². The van der Waals surface area contributed by atoms with Crippen LogP contribution in [0.4, 0.5) is 0 Å². The Kier molecular flexibility index (Phi) is 5.59. The van der Waals surface area contributed by atoms with Gasteiger partial charge < -0.3 is 19.5 Å². The van der Waals surface area contributed by atoms with Crippen LogP contribution in [0.1, 0.15) is 16.1 Å². The van der Waals surface area contributed by atoms with Crippen LogP contribution in [-0.2, 0) is 13.0 Å². The summed E-state index contributed by atoms with van der Waals surface area (Å²) in [7, 11) is 1.84. The van der Waals surface area contributed by atoms with E-state index < -0.39 is 6.10 Å². The molecule has 0 radical (unpaired) electrons. The number of benzene rings is 1. The number of hydrogen-bond donors (Lipinski definition) is 2. The topological polar surface area (TPSA) is 49.9 Å². The van der Waals surface area contributed by atoms with Gasteiger partial charge >= 0.3 is 0 Å². The normalized spacial score (nSPS) is 15.3. The lowest BCUT2D eigenvalue weighted by molar-refractivity contribution is -0.891. The molecule has 138 valence electrons. The minimum Gasteiger partial charge on any atom is -0.385 e. The third-order valence-corrected chi connectivity index (χ3v) is 5.11. The lowest BCUT2D eigenvalue weighted by Crippen LogP contribution is -3.12. The van der Waals surface area contributed by atoms with Crippen molar-refractivity contribution in [1.29, 1.82) is 0 Å². The number of likely N-dealkylation sites (N-methyl/N-ethyl adjacent to an activating group) is 1. The maximum atomic E-state index is 12.8. The molecule has 1 aliphatic heterocycles. The molecule has 0 spiro atoms. The molecule has 0 fully saturated rings. The summed E-state index contributed by atoms with van der Waals surface area (Å²) in [5.41, 5.74) is 2.86. The summed E-state index contributed by atoms with van der Waals surface area (Å²) in [6.07, 6.45) is 4.02. The van der Waals surface area contributed by atoms with E-state index in [0.29, 0.717) is 13.1 Å². The summed E-state index contributed by atoms with van der Waals surface area (Å²) in [4.78, 5) is 15.8. The molecular weight excluding hydrogens is 326 g/mol. The lowest BCUT2D eigenvalue weighted by atomic mass is 10.0. The maximum absolute atomic E-state index is 12.8. The van der Waals surface area contributed by atoms with Crippen LogP contribution in [0.2, 0.25) is 0 Å². The largest absolute Gasteiger partial charge is 0.385 e. The number of aliphatic hydroxyl groups excluding tert-OH is 1. The van der Waals surface area contributed by atoms with Gasteiger partial charge in [0.2, 0.25) is 0 Å². The van der Waals surface area contributed by atoms with Gasteiger partial charge in [-0.05, 0) is 30.2 Å². The van der Waals surface area contributed by atoms with E-state index in [2.05, 4.69) is 19.2 Å². The fourth-order valence-electron chi connectivity index (χ4n) is 3.89. The first-order valence-corrected chi connectivity index (χ1v) is 9.15. The third-order valence-electron chi connectivity index (χ3n) is 5.11. The van der Waals surface area contributed by atoms with Crippen LogP contribution in [0, 0.1) is 0 Å². The Bertz CT molecular complexity index is 814. The second-order valence-electron chi connectivity index (χ2n) is 7.03. The number of nitrogens with one attached hydrogen (secondary N) is 1. The molecule has 5 heteroatoms. The van der Waals surface area contributed by atoms with Crippen LogP contribution in [-0.4, -0.2) is 59.8 Å². The Hall–Kier alpha value is -2.37. The molecule has 5 nitrogen and oxygen atoms in total. The zero-order valence-corrected chi connectivity index (χ0v) is 15.4. The van der Waals surface area contributed by atoms with Crippen molar-refractivity contribution in [3.05, 3.63) is 60.8 Å². The van der Waals surface area contributed by atoms with Crippen molar-refractivity contribution in [2.24, 2.45) is 0 Å². The SMILES string of the molecule is C=CC[NH+](CC=C)C[C@@H](O)Cn1c2c(c3ccccc31)CCN(C)C2=O. The number of para-hydroxylation sites is 1. The second-order valence-corrected chi connectivity index (χ2v) is 7.03. The second kappa shape index (κ2) is 7.89. The Balaban J connectivity index is 1.93. The van der Waals surface area contributed by atoms with Crippen molar-refractivity contribution in [3.63, 3.8) is 0 Å². The van der Waals surface area contributed by atoms with E-state index in [0.717, 1.165) is 48.2 Å². The van der Waals surface area contributed by atoms with Gasteiger partial charge in [0.05, 0.1) is 19.6 Å². The van der Waals surface area contributed by atoms with Crippen molar-refractivity contribution in [2.75, 3.05) is 33.2 Å². The molecule has 1 amide bonds. The smallest absolute Gasteiger partial charge is 0.270 e. The van der Waals surface area contributed by atoms with Gasteiger partial charge in [0, 0.05) is 24.5 Å². The Morgan fingerprint density at radius 3 is 2.65 bits per heavy atom. The maximum Gasteiger partial charge on any atom is 0.270 e. The van der Waals surface area contributed by atoms with Gasteiger partial charge in [-0.15, -0.1) is 0 Å². The van der Waals surface area contributed by atoms with Crippen molar-refractivity contribution >= 4 is 16.8 Å². The number of fused-ring (bicyclic) bond motifs is 3. The van der Waals surface area contributed by atoms with Gasteiger partial charge in [-0.3, -0.25) is 4.79 Å². The summed E-state index contributed by atoms with van der Waals surface area (Å²) in [6, 6.07) is 8.10. The van der Waals surface area contributed by atoms with Crippen molar-refractivity contribution in [2.45, 2.75) is 19.1 Å². The van der Waals surface area contributed by atoms with Gasteiger partial charge in [0.15, 0.2) is 0 Å². The number of aliphatic hydroxyl groups is 1. The molecule has 2 heterocycles. The number of carbonyl (C=O) groups is 1. The molecule has 0 unspecified atom stereocenters. The Morgan fingerprint density at radius 1 is 1.27 bits per heavy atom. The van der Waals surface area contributed by atoms with Crippen LogP contribution in [0.15, 0.2) is 49.6 Å². The average molecular weight is 354 g/mol. The Morgan fingerprint density at radius 2 is 1.96 bits per heavy atom. The number of carbonyl (C=O) groups excluding carboxylic acids is 1. The fourth-order valence-corrected chi connectivity index (χ4v) is 3.89. The van der Waals surface area contributed by atoms with Gasteiger partial charge in [-0.2, -0.15) is 0 Å². The van der Waals surface area contributed by atoms with Crippen molar-refractivity contribution in [1.82, 2.24) is 9.47 Å². The van der Waals surface area contributed by atoms with Crippen LogP contribution in [0.3, 0.4) is 0 Å². The molecule has 3 rings (SSSR count). The van der Waals surface area contributed by atoms with Crippen LogP contribution >= 0.6 is 0 Å². The number of rotatable bonds is 8. The minimum absolute atomic E-state index is 0.0380. The third kappa shape index (κ3) is 3.45. The highest BCUT2D eigenvalue weighted by atomic mass is 16.3. The first kappa shape index (κ1) is 18.4. The van der Waals surface area contributed by atoms with Crippen LogP contribution in [0.5, 0.6) is 0 Å². The predicted octanol–water partition coefficient (Wildman–Crippen LogP) is 0.887. The number of hydrogen-bond acceptors (Lipinski definition) is 2. The van der Waals surface area contributed by atoms with E-state index in [1.165, 1.54) is 4.90 Å². The molecule has 1 atom stereocenters. The molecule has 2 aromatic rings. The molecule has 0 bridgehead atoms. The molecule has 1 aromatic heterocycles. The molecule has 0 aliphatic carbocycles. The standard InChI is InChI=1S/C21H27N3O2/c1-4-11-23(12-5-2)14-16(25)15-24-19-9-7-6-8-17(19)18-10-13-22(3)21(26)20(18)24/h4-9,16,25H,1-2,10-15H2,3H3/p+1/t16-/m1/s1. The monoisotopic (exact) mass is 354 g/mol. The predicted molar refractivity (Wildman–Crippen MR) is 105 cm³/mol. The molecule has 26 heavy (non-hydrogen) atoms. The minimum atomic E-state index is -0.551. The van der Waals surface area contributed by atoms with E-state index in [1.54, 1.807) is 4.90 Å². The van der Waals surface area contributed by atoms with Crippen LogP contribution in [0.25, 0.3) is 10.9 Å². The molecule has 1 aliphatic rings. The van der Waals surface area contributed by atoms with Crippen LogP contribution < -0.4 is 4.90 Å². The highest BCUT2D eigenvalue weighted by molar-refractivity contribution is 6.02. The summed E-state index contributed by atoms with van der Waals surface area (Å²) < 4.78 is 2.01. The van der Waals surface area contributed by atoms with Gasteiger partial charge in [0.1, 0.15) is 18.3 Å². The molecule has 2 N–H and O–H groups in total. The fraction of sp³-hybridized carbons (Fsp3) is 0.381. The highest BCUT2D eigenvalue weighted by Crippen LogP contribution is 2.30. The molecule has 0 saturated heterocycles. The first-order chi connectivity index (χ1) is 12.6. The van der Waals surface area contributed by atoms with Crippen molar-refractivity contribution < 1.29 is 14.8 Å². The summed E-state index contributed by atoms with van der Waals surface area (Å²) in [5, 5.41) is 11.8. The van der Waals surface area contributed by atoms with E-state index in [4.69, 9.17) is 0 Å². The number of amides is 1. The molecular formula is C21H28N3O2+. The summed E-state index contributed by atoms with van der Waals surface area (Å²) >= 11 is 0. The zero-order chi connectivity index (χ0) is 18.7. The number of aromatic nitrogens is 1. The summed E-state index contributed by atoms with van der Waals surface area (Å²) in [6.45, 7) is 10.9. The van der Waals surface area contributed by atoms with E-state index in [9.17, 15) is 9.90 Å². The number of quaternary nitrogens is 1. The van der Waals surface area contributed by atoms with Crippen molar-refractivity contribution in [3.8, 4) is 0 Å². The van der Waals surface area contributed by atoms with Gasteiger partial charge in [-0.25, -0.2) is 0 Å². The van der Waals surface area contributed by atoms with Gasteiger partial charge in [0.25, 0.3) is 5.91 Å².